The molecule has 0 aliphatic heterocycles. The summed E-state index contributed by atoms with van der Waals surface area (Å²) in [6, 6.07) is 2.97. The standard InChI is InChI=1S/C10H9N3O6S/c1-20(18,19)10-4-8(13(16)17)2-3-9(10)12-11-7(5-14)6-15/h2-6,14H,1H3. The number of hydrogen-bond acceptors (Lipinski definition) is 8. The molecular weight excluding hydrogens is 290 g/mol. The monoisotopic (exact) mass is 299 g/mol. The maximum Gasteiger partial charge on any atom is 0.270 e. The van der Waals surface area contributed by atoms with Crippen molar-refractivity contribution in [3.63, 3.8) is 0 Å². The molecule has 0 aromatic heterocycles. The van der Waals surface area contributed by atoms with E-state index in [1.165, 1.54) is 0 Å². The highest BCUT2D eigenvalue weighted by molar-refractivity contribution is 7.90. The Bertz CT molecular complexity index is 708. The summed E-state index contributed by atoms with van der Waals surface area (Å²) < 4.78 is 23.1. The summed E-state index contributed by atoms with van der Waals surface area (Å²) in [5, 5.41) is 26.0. The fourth-order valence-electron chi connectivity index (χ4n) is 1.19. The van der Waals surface area contributed by atoms with Crippen LogP contribution in [0, 0.1) is 10.1 Å². The number of sulfone groups is 1. The predicted octanol–water partition coefficient (Wildman–Crippen LogP) is 1.68. The van der Waals surface area contributed by atoms with Crippen LogP contribution >= 0.6 is 0 Å². The van der Waals surface area contributed by atoms with Crippen molar-refractivity contribution in [3.05, 3.63) is 40.3 Å². The molecule has 0 saturated carbocycles. The third-order valence-electron chi connectivity index (χ3n) is 2.08. The van der Waals surface area contributed by atoms with E-state index in [4.69, 9.17) is 5.11 Å². The number of nitro benzene ring substituents is 1. The van der Waals surface area contributed by atoms with Gasteiger partial charge in [0.25, 0.3) is 5.69 Å². The fraction of sp³-hybridized carbons (Fsp3) is 0.100. The topological polar surface area (TPSA) is 139 Å². The van der Waals surface area contributed by atoms with Crippen LogP contribution in [0.1, 0.15) is 0 Å². The number of aliphatic hydroxyl groups excluding tert-OH is 1. The van der Waals surface area contributed by atoms with Gasteiger partial charge in [-0.05, 0) is 6.07 Å². The highest BCUT2D eigenvalue weighted by Gasteiger charge is 2.18. The van der Waals surface area contributed by atoms with Crippen molar-refractivity contribution in [1.82, 2.24) is 0 Å². The van der Waals surface area contributed by atoms with Crippen LogP contribution in [0.15, 0.2) is 45.3 Å². The molecule has 0 heterocycles. The molecule has 0 atom stereocenters. The van der Waals surface area contributed by atoms with Gasteiger partial charge in [0, 0.05) is 18.4 Å². The van der Waals surface area contributed by atoms with Crippen molar-refractivity contribution in [2.45, 2.75) is 4.90 Å². The number of aldehydes is 1. The molecule has 1 N–H and O–H groups in total. The van der Waals surface area contributed by atoms with Gasteiger partial charge in [-0.15, -0.1) is 10.2 Å². The van der Waals surface area contributed by atoms with Gasteiger partial charge in [-0.2, -0.15) is 0 Å². The number of allylic oxidation sites excluding steroid dienone is 1. The SMILES string of the molecule is CS(=O)(=O)c1cc([N+](=O)[O-])ccc1N=NC(C=O)=CO. The van der Waals surface area contributed by atoms with Gasteiger partial charge in [-0.25, -0.2) is 8.42 Å². The van der Waals surface area contributed by atoms with Crippen LogP contribution in [0.25, 0.3) is 0 Å². The van der Waals surface area contributed by atoms with E-state index in [-0.39, 0.29) is 12.0 Å². The zero-order valence-corrected chi connectivity index (χ0v) is 10.9. The van der Waals surface area contributed by atoms with Crippen LogP contribution in [-0.4, -0.2) is 31.0 Å². The Hall–Kier alpha value is -2.62. The summed E-state index contributed by atoms with van der Waals surface area (Å²) in [5.41, 5.74) is -1.03. The molecule has 1 rings (SSSR count). The number of azo groups is 1. The minimum absolute atomic E-state index is 0.181. The Kier molecular flexibility index (Phi) is 4.64. The molecule has 0 aliphatic rings. The summed E-state index contributed by atoms with van der Waals surface area (Å²) in [7, 11) is -3.78. The van der Waals surface area contributed by atoms with Crippen LogP contribution in [0.5, 0.6) is 0 Å². The van der Waals surface area contributed by atoms with Crippen molar-refractivity contribution < 1.29 is 23.2 Å². The van der Waals surface area contributed by atoms with Crippen molar-refractivity contribution in [1.29, 1.82) is 0 Å². The number of carbonyl (C=O) groups is 1. The van der Waals surface area contributed by atoms with E-state index in [1.807, 2.05) is 0 Å². The number of hydrogen-bond donors (Lipinski definition) is 1. The van der Waals surface area contributed by atoms with Crippen LogP contribution in [0.4, 0.5) is 11.4 Å². The van der Waals surface area contributed by atoms with Crippen molar-refractivity contribution >= 4 is 27.5 Å². The van der Waals surface area contributed by atoms with E-state index in [0.29, 0.717) is 6.26 Å². The van der Waals surface area contributed by atoms with Crippen LogP contribution in [0.2, 0.25) is 0 Å². The average Bonchev–Trinajstić information content (AvgIpc) is 2.38. The number of rotatable bonds is 5. The first-order chi connectivity index (χ1) is 9.29. The molecule has 106 valence electrons. The lowest BCUT2D eigenvalue weighted by atomic mass is 10.3. The molecule has 0 aliphatic carbocycles. The summed E-state index contributed by atoms with van der Waals surface area (Å²) in [6.45, 7) is 0. The molecule has 20 heavy (non-hydrogen) atoms. The van der Waals surface area contributed by atoms with E-state index in [2.05, 4.69) is 10.2 Å². The summed E-state index contributed by atoms with van der Waals surface area (Å²) in [4.78, 5) is 19.9. The number of nitrogens with zero attached hydrogens (tertiary/aromatic N) is 3. The zero-order valence-electron chi connectivity index (χ0n) is 10.1. The highest BCUT2D eigenvalue weighted by atomic mass is 32.2. The van der Waals surface area contributed by atoms with Gasteiger partial charge in [-0.3, -0.25) is 14.9 Å². The van der Waals surface area contributed by atoms with Crippen molar-refractivity contribution in [3.8, 4) is 0 Å². The first-order valence-electron chi connectivity index (χ1n) is 4.99. The first kappa shape index (κ1) is 15.4. The number of benzene rings is 1. The van der Waals surface area contributed by atoms with E-state index >= 15 is 0 Å². The van der Waals surface area contributed by atoms with Gasteiger partial charge >= 0.3 is 0 Å². The molecule has 10 heteroatoms. The number of nitro groups is 1. The van der Waals surface area contributed by atoms with Gasteiger partial charge in [0.15, 0.2) is 21.8 Å². The third kappa shape index (κ3) is 3.68. The Balaban J connectivity index is 3.41. The van der Waals surface area contributed by atoms with Gasteiger partial charge in [0.05, 0.1) is 4.92 Å². The highest BCUT2D eigenvalue weighted by Crippen LogP contribution is 2.29. The summed E-state index contributed by atoms with van der Waals surface area (Å²) in [5.74, 6) is 0. The minimum atomic E-state index is -3.78. The van der Waals surface area contributed by atoms with Crippen molar-refractivity contribution in [2.75, 3.05) is 6.26 Å². The second kappa shape index (κ2) is 6.02. The molecule has 9 nitrogen and oxygen atoms in total. The third-order valence-corrected chi connectivity index (χ3v) is 3.21. The lowest BCUT2D eigenvalue weighted by molar-refractivity contribution is -0.385. The second-order valence-electron chi connectivity index (χ2n) is 3.55. The van der Waals surface area contributed by atoms with Crippen LogP contribution in [0.3, 0.4) is 0 Å². The average molecular weight is 299 g/mol. The molecule has 0 fully saturated rings. The van der Waals surface area contributed by atoms with Gasteiger partial charge in [-0.1, -0.05) is 0 Å². The molecule has 0 amide bonds. The van der Waals surface area contributed by atoms with E-state index < -0.39 is 31.0 Å². The molecule has 1 aromatic carbocycles. The molecule has 0 radical (unpaired) electrons. The molecular formula is C10H9N3O6S. The molecule has 1 aromatic rings. The quantitative estimate of drug-likeness (QED) is 0.219. The number of carbonyl (C=O) groups excluding carboxylic acids is 1. The number of non-ortho nitro benzene ring substituents is 1. The van der Waals surface area contributed by atoms with E-state index in [0.717, 1.165) is 24.5 Å². The lowest BCUT2D eigenvalue weighted by Gasteiger charge is -2.02. The Morgan fingerprint density at radius 1 is 1.45 bits per heavy atom. The molecule has 0 unspecified atom stereocenters. The van der Waals surface area contributed by atoms with E-state index in [1.54, 1.807) is 0 Å². The Labute approximate surface area is 113 Å². The Morgan fingerprint density at radius 2 is 2.10 bits per heavy atom. The zero-order chi connectivity index (χ0) is 15.3. The molecule has 0 spiro atoms. The fourth-order valence-corrected chi connectivity index (χ4v) is 2.01. The van der Waals surface area contributed by atoms with Crippen LogP contribution in [-0.2, 0) is 14.6 Å². The maximum atomic E-state index is 11.6. The van der Waals surface area contributed by atoms with Gasteiger partial charge < -0.3 is 5.11 Å². The largest absolute Gasteiger partial charge is 0.513 e. The number of aliphatic hydroxyl groups is 1. The predicted molar refractivity (Wildman–Crippen MR) is 67.5 cm³/mol. The van der Waals surface area contributed by atoms with E-state index in [9.17, 15) is 23.3 Å². The first-order valence-corrected chi connectivity index (χ1v) is 6.88. The van der Waals surface area contributed by atoms with Gasteiger partial charge in [0.1, 0.15) is 16.8 Å². The molecule has 0 saturated heterocycles. The summed E-state index contributed by atoms with van der Waals surface area (Å²) >= 11 is 0. The van der Waals surface area contributed by atoms with Crippen LogP contribution < -0.4 is 0 Å². The maximum absolute atomic E-state index is 11.6. The molecule has 0 bridgehead atoms. The minimum Gasteiger partial charge on any atom is -0.513 e. The lowest BCUT2D eigenvalue weighted by Crippen LogP contribution is -1.99. The smallest absolute Gasteiger partial charge is 0.270 e. The summed E-state index contributed by atoms with van der Waals surface area (Å²) in [6.07, 6.45) is 1.45. The normalized spacial score (nSPS) is 12.6. The Morgan fingerprint density at radius 3 is 2.55 bits per heavy atom. The van der Waals surface area contributed by atoms with Crippen molar-refractivity contribution in [2.24, 2.45) is 10.2 Å². The second-order valence-corrected chi connectivity index (χ2v) is 5.54. The van der Waals surface area contributed by atoms with Gasteiger partial charge in [0.2, 0.25) is 0 Å².